The van der Waals surface area contributed by atoms with Crippen LogP contribution in [-0.4, -0.2) is 84.3 Å². The fourth-order valence-electron chi connectivity index (χ4n) is 4.67. The quantitative estimate of drug-likeness (QED) is 0.588. The number of aromatic nitrogens is 3. The van der Waals surface area contributed by atoms with Crippen LogP contribution in [0.4, 0.5) is 5.82 Å². The van der Waals surface area contributed by atoms with Gasteiger partial charge < -0.3 is 14.5 Å². The van der Waals surface area contributed by atoms with Gasteiger partial charge in [0.2, 0.25) is 0 Å². The Kier molecular flexibility index (Phi) is 6.37. The molecular weight excluding hydrogens is 420 g/mol. The minimum Gasteiger partial charge on any atom is -0.378 e. The van der Waals surface area contributed by atoms with E-state index >= 15 is 0 Å². The largest absolute Gasteiger partial charge is 0.378 e. The van der Waals surface area contributed by atoms with E-state index < -0.39 is 0 Å². The first-order chi connectivity index (χ1) is 15.6. The average molecular weight is 453 g/mol. The van der Waals surface area contributed by atoms with Gasteiger partial charge in [0.15, 0.2) is 11.6 Å². The van der Waals surface area contributed by atoms with Crippen LogP contribution in [0.3, 0.4) is 0 Å². The van der Waals surface area contributed by atoms with Crippen LogP contribution < -0.4 is 4.90 Å². The molecule has 3 aromatic heterocycles. The number of ether oxygens (including phenoxy) is 1. The summed E-state index contributed by atoms with van der Waals surface area (Å²) in [6.45, 7) is 8.75. The van der Waals surface area contributed by atoms with E-state index in [0.717, 1.165) is 55.6 Å². The standard InChI is InChI=1S/C24H32N6OS/c1-17-20(16-29(3)19-6-9-28(2)10-7-19)32-22-21(17)26-23(18-5-4-8-25-15-18)27-24(22)30-11-13-31-14-12-30/h4-5,8,15,19H,6-7,9-14,16H2,1-3H3. The number of fused-ring (bicyclic) bond motifs is 1. The summed E-state index contributed by atoms with van der Waals surface area (Å²) in [6, 6.07) is 4.62. The Labute approximate surface area is 194 Å². The van der Waals surface area contributed by atoms with E-state index in [4.69, 9.17) is 14.7 Å². The van der Waals surface area contributed by atoms with Gasteiger partial charge in [0.1, 0.15) is 0 Å². The van der Waals surface area contributed by atoms with Crippen molar-refractivity contribution < 1.29 is 4.74 Å². The molecule has 0 aromatic carbocycles. The Balaban J connectivity index is 1.52. The summed E-state index contributed by atoms with van der Waals surface area (Å²) in [5, 5.41) is 0. The zero-order chi connectivity index (χ0) is 22.1. The number of hydrogen-bond donors (Lipinski definition) is 0. The highest BCUT2D eigenvalue weighted by Gasteiger charge is 2.25. The van der Waals surface area contributed by atoms with Gasteiger partial charge in [-0.05, 0) is 64.6 Å². The number of rotatable bonds is 5. The lowest BCUT2D eigenvalue weighted by Gasteiger charge is -2.35. The van der Waals surface area contributed by atoms with Crippen LogP contribution in [0.2, 0.25) is 0 Å². The van der Waals surface area contributed by atoms with E-state index in [-0.39, 0.29) is 0 Å². The third-order valence-electron chi connectivity index (χ3n) is 6.78. The van der Waals surface area contributed by atoms with E-state index in [1.807, 2.05) is 29.7 Å². The minimum absolute atomic E-state index is 0.645. The number of morpholine rings is 1. The number of thiophene rings is 1. The van der Waals surface area contributed by atoms with Crippen molar-refractivity contribution in [2.75, 3.05) is 58.4 Å². The summed E-state index contributed by atoms with van der Waals surface area (Å²) in [5.74, 6) is 1.79. The Morgan fingerprint density at radius 2 is 1.94 bits per heavy atom. The second kappa shape index (κ2) is 9.39. The third kappa shape index (κ3) is 4.37. The van der Waals surface area contributed by atoms with Crippen LogP contribution in [0.15, 0.2) is 24.5 Å². The highest BCUT2D eigenvalue weighted by Crippen LogP contribution is 2.38. The number of likely N-dealkylation sites (tertiary alicyclic amines) is 1. The fraction of sp³-hybridized carbons (Fsp3) is 0.542. The summed E-state index contributed by atoms with van der Waals surface area (Å²) in [4.78, 5) is 23.1. The number of aryl methyl sites for hydroxylation is 1. The number of nitrogens with zero attached hydrogens (tertiary/aromatic N) is 6. The van der Waals surface area contributed by atoms with Crippen LogP contribution in [0.1, 0.15) is 23.3 Å². The molecule has 0 N–H and O–H groups in total. The Morgan fingerprint density at radius 3 is 2.66 bits per heavy atom. The monoisotopic (exact) mass is 452 g/mol. The number of piperidine rings is 1. The van der Waals surface area contributed by atoms with Gasteiger partial charge in [0, 0.05) is 48.5 Å². The number of pyridine rings is 1. The molecule has 0 atom stereocenters. The average Bonchev–Trinajstić information content (AvgIpc) is 3.15. The second-order valence-electron chi connectivity index (χ2n) is 8.99. The molecule has 2 fully saturated rings. The van der Waals surface area contributed by atoms with Crippen molar-refractivity contribution in [1.29, 1.82) is 0 Å². The van der Waals surface area contributed by atoms with Gasteiger partial charge >= 0.3 is 0 Å². The van der Waals surface area contributed by atoms with E-state index in [9.17, 15) is 0 Å². The third-order valence-corrected chi connectivity index (χ3v) is 8.04. The van der Waals surface area contributed by atoms with Crippen molar-refractivity contribution in [2.24, 2.45) is 0 Å². The van der Waals surface area contributed by atoms with Gasteiger partial charge in [-0.15, -0.1) is 11.3 Å². The summed E-state index contributed by atoms with van der Waals surface area (Å²) in [7, 11) is 4.49. The molecule has 5 heterocycles. The molecule has 0 saturated carbocycles. The zero-order valence-corrected chi connectivity index (χ0v) is 20.1. The predicted molar refractivity (Wildman–Crippen MR) is 130 cm³/mol. The Bertz CT molecular complexity index is 1060. The Morgan fingerprint density at radius 1 is 1.16 bits per heavy atom. The molecule has 0 spiro atoms. The minimum atomic E-state index is 0.645. The molecule has 0 radical (unpaired) electrons. The van der Waals surface area contributed by atoms with Gasteiger partial charge in [0.05, 0.1) is 23.4 Å². The van der Waals surface area contributed by atoms with Crippen LogP contribution in [0.25, 0.3) is 21.6 Å². The normalized spacial score (nSPS) is 18.7. The molecule has 5 rings (SSSR count). The molecule has 0 bridgehead atoms. The van der Waals surface area contributed by atoms with Crippen molar-refractivity contribution in [2.45, 2.75) is 32.4 Å². The molecule has 32 heavy (non-hydrogen) atoms. The summed E-state index contributed by atoms with van der Waals surface area (Å²) in [5.41, 5.74) is 3.32. The predicted octanol–water partition coefficient (Wildman–Crippen LogP) is 3.42. The van der Waals surface area contributed by atoms with Crippen LogP contribution in [0.5, 0.6) is 0 Å². The molecule has 8 heteroatoms. The van der Waals surface area contributed by atoms with E-state index in [2.05, 4.69) is 40.7 Å². The van der Waals surface area contributed by atoms with Gasteiger partial charge in [-0.2, -0.15) is 0 Å². The Hall–Kier alpha value is -2.13. The number of anilines is 1. The molecule has 2 aliphatic rings. The van der Waals surface area contributed by atoms with Gasteiger partial charge in [-0.3, -0.25) is 9.88 Å². The maximum atomic E-state index is 5.60. The molecule has 0 unspecified atom stereocenters. The van der Waals surface area contributed by atoms with E-state index in [0.29, 0.717) is 6.04 Å². The smallest absolute Gasteiger partial charge is 0.163 e. The molecule has 7 nitrogen and oxygen atoms in total. The van der Waals surface area contributed by atoms with E-state index in [1.165, 1.54) is 41.1 Å². The summed E-state index contributed by atoms with van der Waals surface area (Å²) in [6.07, 6.45) is 6.11. The second-order valence-corrected chi connectivity index (χ2v) is 10.1. The van der Waals surface area contributed by atoms with Gasteiger partial charge in [-0.1, -0.05) is 0 Å². The maximum Gasteiger partial charge on any atom is 0.163 e. The molecule has 2 aliphatic heterocycles. The molecule has 0 amide bonds. The first kappa shape index (κ1) is 21.7. The SMILES string of the molecule is Cc1c(CN(C)C2CCN(C)CC2)sc2c(N3CCOCC3)nc(-c3cccnc3)nc12. The van der Waals surface area contributed by atoms with E-state index in [1.54, 1.807) is 6.20 Å². The lowest BCUT2D eigenvalue weighted by molar-refractivity contribution is 0.122. The summed E-state index contributed by atoms with van der Waals surface area (Å²) >= 11 is 1.87. The van der Waals surface area contributed by atoms with Gasteiger partial charge in [0.25, 0.3) is 0 Å². The lowest BCUT2D eigenvalue weighted by atomic mass is 10.0. The number of hydrogen-bond acceptors (Lipinski definition) is 8. The van der Waals surface area contributed by atoms with Crippen LogP contribution >= 0.6 is 11.3 Å². The first-order valence-corrected chi connectivity index (χ1v) is 12.3. The molecule has 0 aliphatic carbocycles. The highest BCUT2D eigenvalue weighted by molar-refractivity contribution is 7.19. The molecule has 2 saturated heterocycles. The first-order valence-electron chi connectivity index (χ1n) is 11.5. The highest BCUT2D eigenvalue weighted by atomic mass is 32.1. The van der Waals surface area contributed by atoms with Crippen LogP contribution in [0, 0.1) is 6.92 Å². The van der Waals surface area contributed by atoms with Crippen molar-refractivity contribution in [3.63, 3.8) is 0 Å². The van der Waals surface area contributed by atoms with Crippen molar-refractivity contribution >= 4 is 27.4 Å². The molecule has 170 valence electrons. The molecule has 3 aromatic rings. The maximum absolute atomic E-state index is 5.60. The lowest BCUT2D eigenvalue weighted by Crippen LogP contribution is -2.41. The van der Waals surface area contributed by atoms with Crippen LogP contribution in [-0.2, 0) is 11.3 Å². The van der Waals surface area contributed by atoms with Crippen molar-refractivity contribution in [3.8, 4) is 11.4 Å². The fourth-order valence-corrected chi connectivity index (χ4v) is 6.00. The zero-order valence-electron chi connectivity index (χ0n) is 19.3. The van der Waals surface area contributed by atoms with Crippen molar-refractivity contribution in [1.82, 2.24) is 24.8 Å². The summed E-state index contributed by atoms with van der Waals surface area (Å²) < 4.78 is 6.80. The molecular formula is C24H32N6OS. The van der Waals surface area contributed by atoms with Gasteiger partial charge in [-0.25, -0.2) is 9.97 Å². The topological polar surface area (TPSA) is 57.6 Å². The van der Waals surface area contributed by atoms with Crippen molar-refractivity contribution in [3.05, 3.63) is 35.0 Å².